The van der Waals surface area contributed by atoms with Gasteiger partial charge in [0.05, 0.1) is 25.7 Å². The highest BCUT2D eigenvalue weighted by Crippen LogP contribution is 2.26. The molecule has 6 nitrogen and oxygen atoms in total. The van der Waals surface area contributed by atoms with E-state index in [4.69, 9.17) is 4.74 Å². The third kappa shape index (κ3) is 4.21. The SMILES string of the molecule is COC(=O)[C@H]1CC[C@@H](NC(=O)NC(CO)c2ccccc2)C1. The van der Waals surface area contributed by atoms with Crippen LogP contribution in [0.15, 0.2) is 30.3 Å². The van der Waals surface area contributed by atoms with E-state index in [9.17, 15) is 14.7 Å². The van der Waals surface area contributed by atoms with Gasteiger partial charge in [0.15, 0.2) is 0 Å². The number of carbonyl (C=O) groups excluding carboxylic acids is 2. The fourth-order valence-electron chi connectivity index (χ4n) is 2.80. The minimum absolute atomic E-state index is 0.0424. The summed E-state index contributed by atoms with van der Waals surface area (Å²) in [7, 11) is 1.38. The molecule has 0 spiro atoms. The number of benzene rings is 1. The number of aliphatic hydroxyl groups excluding tert-OH is 1. The van der Waals surface area contributed by atoms with Gasteiger partial charge in [-0.15, -0.1) is 0 Å². The van der Waals surface area contributed by atoms with Crippen LogP contribution in [0.3, 0.4) is 0 Å². The van der Waals surface area contributed by atoms with Crippen molar-refractivity contribution in [2.45, 2.75) is 31.3 Å². The Hall–Kier alpha value is -2.08. The number of aliphatic hydroxyl groups is 1. The van der Waals surface area contributed by atoms with Crippen molar-refractivity contribution in [1.29, 1.82) is 0 Å². The minimum atomic E-state index is -0.445. The van der Waals surface area contributed by atoms with Crippen molar-refractivity contribution >= 4 is 12.0 Å². The van der Waals surface area contributed by atoms with Crippen molar-refractivity contribution in [1.82, 2.24) is 10.6 Å². The summed E-state index contributed by atoms with van der Waals surface area (Å²) in [6.07, 6.45) is 2.07. The average Bonchev–Trinajstić information content (AvgIpc) is 3.01. The second-order valence-corrected chi connectivity index (χ2v) is 5.49. The molecule has 0 aromatic heterocycles. The van der Waals surface area contributed by atoms with Crippen LogP contribution in [-0.4, -0.2) is 36.9 Å². The van der Waals surface area contributed by atoms with Crippen LogP contribution in [0.2, 0.25) is 0 Å². The predicted octanol–water partition coefficient (Wildman–Crippen LogP) is 1.36. The Balaban J connectivity index is 1.84. The third-order valence-corrected chi connectivity index (χ3v) is 3.99. The summed E-state index contributed by atoms with van der Waals surface area (Å²) < 4.78 is 4.73. The van der Waals surface area contributed by atoms with E-state index in [1.165, 1.54) is 7.11 Å². The number of methoxy groups -OCH3 is 1. The second-order valence-electron chi connectivity index (χ2n) is 5.49. The number of nitrogens with one attached hydrogen (secondary N) is 2. The molecule has 1 aliphatic rings. The Bertz CT molecular complexity index is 506. The zero-order chi connectivity index (χ0) is 15.9. The van der Waals surface area contributed by atoms with Crippen LogP contribution in [0.5, 0.6) is 0 Å². The summed E-state index contributed by atoms with van der Waals surface area (Å²) in [4.78, 5) is 23.5. The molecule has 0 saturated heterocycles. The molecule has 1 aromatic carbocycles. The average molecular weight is 306 g/mol. The van der Waals surface area contributed by atoms with Gasteiger partial charge >= 0.3 is 12.0 Å². The molecule has 2 rings (SSSR count). The number of esters is 1. The van der Waals surface area contributed by atoms with Crippen molar-refractivity contribution in [3.8, 4) is 0 Å². The molecule has 1 aliphatic carbocycles. The summed E-state index contributed by atoms with van der Waals surface area (Å²) in [6.45, 7) is -0.174. The number of hydrogen-bond acceptors (Lipinski definition) is 4. The Kier molecular flexibility index (Phi) is 5.77. The largest absolute Gasteiger partial charge is 0.469 e. The number of urea groups is 1. The van der Waals surface area contributed by atoms with E-state index in [0.717, 1.165) is 18.4 Å². The van der Waals surface area contributed by atoms with Crippen LogP contribution in [-0.2, 0) is 9.53 Å². The Morgan fingerprint density at radius 3 is 2.68 bits per heavy atom. The van der Waals surface area contributed by atoms with Gasteiger partial charge in [-0.2, -0.15) is 0 Å². The van der Waals surface area contributed by atoms with Crippen molar-refractivity contribution in [3.05, 3.63) is 35.9 Å². The molecule has 1 unspecified atom stereocenters. The number of rotatable bonds is 5. The van der Waals surface area contributed by atoms with Gasteiger partial charge in [-0.3, -0.25) is 4.79 Å². The number of amides is 2. The zero-order valence-corrected chi connectivity index (χ0v) is 12.6. The standard InChI is InChI=1S/C16H22N2O4/c1-22-15(20)12-7-8-13(9-12)17-16(21)18-14(10-19)11-5-3-2-4-6-11/h2-6,12-14,19H,7-10H2,1H3,(H2,17,18,21)/t12-,13+,14?/m0/s1. The van der Waals surface area contributed by atoms with Gasteiger partial charge in [0.1, 0.15) is 0 Å². The molecule has 0 bridgehead atoms. The first-order chi connectivity index (χ1) is 10.6. The molecule has 1 aromatic rings. The van der Waals surface area contributed by atoms with Crippen LogP contribution >= 0.6 is 0 Å². The lowest BCUT2D eigenvalue weighted by Crippen LogP contribution is -2.43. The number of carbonyl (C=O) groups is 2. The summed E-state index contributed by atoms with van der Waals surface area (Å²) in [5.41, 5.74) is 0.846. The van der Waals surface area contributed by atoms with E-state index in [0.29, 0.717) is 6.42 Å². The Morgan fingerprint density at radius 2 is 2.05 bits per heavy atom. The quantitative estimate of drug-likeness (QED) is 0.717. The molecule has 0 radical (unpaired) electrons. The molecular formula is C16H22N2O4. The summed E-state index contributed by atoms with van der Waals surface area (Å²) >= 11 is 0. The first-order valence-electron chi connectivity index (χ1n) is 7.44. The monoisotopic (exact) mass is 306 g/mol. The molecule has 1 saturated carbocycles. The van der Waals surface area contributed by atoms with Crippen LogP contribution in [0.4, 0.5) is 4.79 Å². The molecule has 0 aliphatic heterocycles. The Morgan fingerprint density at radius 1 is 1.32 bits per heavy atom. The smallest absolute Gasteiger partial charge is 0.315 e. The fourth-order valence-corrected chi connectivity index (χ4v) is 2.80. The topological polar surface area (TPSA) is 87.7 Å². The molecule has 3 N–H and O–H groups in total. The fraction of sp³-hybridized carbons (Fsp3) is 0.500. The lowest BCUT2D eigenvalue weighted by atomic mass is 10.1. The maximum atomic E-state index is 12.0. The first kappa shape index (κ1) is 16.3. The van der Waals surface area contributed by atoms with Crippen molar-refractivity contribution < 1.29 is 19.4 Å². The summed E-state index contributed by atoms with van der Waals surface area (Å²) in [5.74, 6) is -0.361. The van der Waals surface area contributed by atoms with Crippen LogP contribution in [0, 0.1) is 5.92 Å². The van der Waals surface area contributed by atoms with Gasteiger partial charge in [0.2, 0.25) is 0 Å². The van der Waals surface area contributed by atoms with E-state index >= 15 is 0 Å². The van der Waals surface area contributed by atoms with E-state index in [-0.39, 0.29) is 30.6 Å². The minimum Gasteiger partial charge on any atom is -0.469 e. The second kappa shape index (κ2) is 7.79. The van der Waals surface area contributed by atoms with Crippen molar-refractivity contribution in [3.63, 3.8) is 0 Å². The van der Waals surface area contributed by atoms with E-state index in [1.807, 2.05) is 30.3 Å². The molecule has 3 atom stereocenters. The highest BCUT2D eigenvalue weighted by Gasteiger charge is 2.31. The molecule has 120 valence electrons. The lowest BCUT2D eigenvalue weighted by Gasteiger charge is -2.19. The summed E-state index contributed by atoms with van der Waals surface area (Å²) in [6, 6.07) is 8.47. The highest BCUT2D eigenvalue weighted by atomic mass is 16.5. The third-order valence-electron chi connectivity index (χ3n) is 3.99. The van der Waals surface area contributed by atoms with Gasteiger partial charge in [-0.1, -0.05) is 30.3 Å². The maximum Gasteiger partial charge on any atom is 0.315 e. The molecule has 6 heteroatoms. The van der Waals surface area contributed by atoms with Crippen molar-refractivity contribution in [2.75, 3.05) is 13.7 Å². The van der Waals surface area contributed by atoms with E-state index in [2.05, 4.69) is 10.6 Å². The molecule has 1 fully saturated rings. The normalized spacial score (nSPS) is 21.9. The Labute approximate surface area is 129 Å². The van der Waals surface area contributed by atoms with Gasteiger partial charge in [0, 0.05) is 6.04 Å². The highest BCUT2D eigenvalue weighted by molar-refractivity contribution is 5.76. The predicted molar refractivity (Wildman–Crippen MR) is 81.1 cm³/mol. The van der Waals surface area contributed by atoms with E-state index in [1.54, 1.807) is 0 Å². The van der Waals surface area contributed by atoms with Gasteiger partial charge in [-0.25, -0.2) is 4.79 Å². The molecular weight excluding hydrogens is 284 g/mol. The van der Waals surface area contributed by atoms with Gasteiger partial charge < -0.3 is 20.5 Å². The first-order valence-corrected chi connectivity index (χ1v) is 7.44. The molecule has 2 amide bonds. The number of ether oxygens (including phenoxy) is 1. The number of hydrogen-bond donors (Lipinski definition) is 3. The summed E-state index contributed by atoms with van der Waals surface area (Å²) in [5, 5.41) is 15.0. The molecule has 0 heterocycles. The maximum absolute atomic E-state index is 12.0. The van der Waals surface area contributed by atoms with Crippen LogP contribution < -0.4 is 10.6 Å². The zero-order valence-electron chi connectivity index (χ0n) is 12.6. The van der Waals surface area contributed by atoms with Crippen molar-refractivity contribution in [2.24, 2.45) is 5.92 Å². The van der Waals surface area contributed by atoms with Gasteiger partial charge in [0.25, 0.3) is 0 Å². The molecule has 22 heavy (non-hydrogen) atoms. The lowest BCUT2D eigenvalue weighted by molar-refractivity contribution is -0.145. The van der Waals surface area contributed by atoms with Gasteiger partial charge in [-0.05, 0) is 24.8 Å². The van der Waals surface area contributed by atoms with E-state index < -0.39 is 6.04 Å². The van der Waals surface area contributed by atoms with Crippen LogP contribution in [0.25, 0.3) is 0 Å². The van der Waals surface area contributed by atoms with Crippen LogP contribution in [0.1, 0.15) is 30.9 Å².